The Morgan fingerprint density at radius 1 is 1.06 bits per heavy atom. The molecule has 2 atom stereocenters. The number of allylic oxidation sites excluding steroid dienone is 3. The molecule has 2 aromatic carbocycles. The lowest BCUT2D eigenvalue weighted by Gasteiger charge is -2.47. The number of rotatable bonds is 9. The van der Waals surface area contributed by atoms with E-state index in [2.05, 4.69) is 6.58 Å². The number of sulfone groups is 2. The molecule has 2 aliphatic heterocycles. The number of piperidine rings is 1. The highest BCUT2D eigenvalue weighted by Crippen LogP contribution is 2.52. The summed E-state index contributed by atoms with van der Waals surface area (Å²) in [6.45, 7) is 12.3. The predicted octanol–water partition coefficient (Wildman–Crippen LogP) is 7.18. The fourth-order valence-electron chi connectivity index (χ4n) is 6.51. The Balaban J connectivity index is 1.97. The first-order valence-corrected chi connectivity index (χ1v) is 20.3. The van der Waals surface area contributed by atoms with Crippen molar-refractivity contribution in [1.82, 2.24) is 9.80 Å². The van der Waals surface area contributed by atoms with Crippen LogP contribution in [0.25, 0.3) is 0 Å². The van der Waals surface area contributed by atoms with Gasteiger partial charge < -0.3 is 10.0 Å². The molecule has 9 nitrogen and oxygen atoms in total. The van der Waals surface area contributed by atoms with E-state index in [0.717, 1.165) is 23.5 Å². The number of nitrogens with zero attached hydrogens (tertiary/aromatic N) is 3. The van der Waals surface area contributed by atoms with Gasteiger partial charge in [-0.2, -0.15) is 0 Å². The third-order valence-corrected chi connectivity index (χ3v) is 12.2. The van der Waals surface area contributed by atoms with E-state index in [1.54, 1.807) is 21.9 Å². The normalized spacial score (nSPS) is 22.8. The van der Waals surface area contributed by atoms with Crippen molar-refractivity contribution in [3.05, 3.63) is 93.5 Å². The average molecular weight is 737 g/mol. The minimum absolute atomic E-state index is 0.0273. The second kappa shape index (κ2) is 14.0. The van der Waals surface area contributed by atoms with Crippen molar-refractivity contribution < 1.29 is 26.7 Å². The molecule has 1 saturated heterocycles. The molecule has 0 aromatic heterocycles. The van der Waals surface area contributed by atoms with Crippen molar-refractivity contribution in [3.63, 3.8) is 0 Å². The van der Waals surface area contributed by atoms with Gasteiger partial charge in [0.2, 0.25) is 0 Å². The maximum Gasteiger partial charge on any atom is 0.326 e. The van der Waals surface area contributed by atoms with Gasteiger partial charge >= 0.3 is 6.03 Å². The first-order valence-electron chi connectivity index (χ1n) is 15.6. The van der Waals surface area contributed by atoms with Gasteiger partial charge in [-0.1, -0.05) is 65.7 Å². The molecule has 0 unspecified atom stereocenters. The summed E-state index contributed by atoms with van der Waals surface area (Å²) in [6.07, 6.45) is 9.63. The molecule has 0 saturated carbocycles. The number of likely N-dealkylation sites (tertiary alicyclic amines) is 1. The second-order valence-electron chi connectivity index (χ2n) is 13.0. The first-order chi connectivity index (χ1) is 22.2. The fourth-order valence-corrected chi connectivity index (χ4v) is 8.72. The van der Waals surface area contributed by atoms with Crippen LogP contribution >= 0.6 is 23.2 Å². The lowest BCUT2D eigenvalue weighted by Crippen LogP contribution is -2.60. The van der Waals surface area contributed by atoms with Gasteiger partial charge in [-0.25, -0.2) is 21.6 Å². The SMILES string of the molecule is C=C(C)/C=C\C(=C/C)[C@]1(C)N=C(c2cc(S(C)(=O)=O)c(Cl)cc2O)N(C(=O)N2CCC(CCS(C)(=O)=O)CC2)[C@]1(C)c1ccc(Cl)cc1. The number of hydrogen-bond acceptors (Lipinski definition) is 7. The average Bonchev–Trinajstić information content (AvgIpc) is 3.23. The number of phenols is 1. The predicted molar refractivity (Wildman–Crippen MR) is 194 cm³/mol. The maximum absolute atomic E-state index is 15.0. The molecule has 48 heavy (non-hydrogen) atoms. The number of benzene rings is 2. The Morgan fingerprint density at radius 3 is 2.19 bits per heavy atom. The zero-order valence-electron chi connectivity index (χ0n) is 28.1. The Bertz CT molecular complexity index is 1910. The lowest BCUT2D eigenvalue weighted by molar-refractivity contribution is 0.106. The number of urea groups is 1. The molecule has 1 fully saturated rings. The van der Waals surface area contributed by atoms with E-state index in [1.165, 1.54) is 12.3 Å². The monoisotopic (exact) mass is 735 g/mol. The van der Waals surface area contributed by atoms with Crippen LogP contribution in [0, 0.1) is 5.92 Å². The molecule has 1 N–H and O–H groups in total. The number of amidine groups is 1. The summed E-state index contributed by atoms with van der Waals surface area (Å²) in [5.74, 6) is -0.0426. The van der Waals surface area contributed by atoms with Gasteiger partial charge in [0, 0.05) is 36.7 Å². The molecule has 2 aliphatic rings. The number of hydrogen-bond donors (Lipinski definition) is 1. The number of carbonyl (C=O) groups is 1. The van der Waals surface area contributed by atoms with Gasteiger partial charge in [-0.05, 0) is 82.2 Å². The smallest absolute Gasteiger partial charge is 0.326 e. The molecule has 260 valence electrons. The van der Waals surface area contributed by atoms with E-state index in [9.17, 15) is 26.7 Å². The standard InChI is InChI=1S/C35H43Cl2N3O6S2/c1-8-25(10-9-23(2)3)34(4)35(5,26-11-13-27(36)14-12-26)40(33(42)39-18-15-24(16-19-39)17-20-47(6,43)44)32(38-34)28-21-31(48(7,45)46)29(37)22-30(28)41/h8-14,21-22,24,41H,2,15-20H2,1,3-7H3/b10-9-,25-8+/t34-,35+/m0/s1. The quantitative estimate of drug-likeness (QED) is 0.272. The summed E-state index contributed by atoms with van der Waals surface area (Å²) in [5, 5.41) is 11.7. The van der Waals surface area contributed by atoms with E-state index >= 15 is 0 Å². The molecule has 0 bridgehead atoms. The van der Waals surface area contributed by atoms with Crippen LogP contribution in [0.1, 0.15) is 58.1 Å². The van der Waals surface area contributed by atoms with Gasteiger partial charge in [0.1, 0.15) is 32.5 Å². The summed E-state index contributed by atoms with van der Waals surface area (Å²) < 4.78 is 49.2. The molecule has 13 heteroatoms. The number of amides is 2. The Labute approximate surface area is 294 Å². The summed E-state index contributed by atoms with van der Waals surface area (Å²) >= 11 is 12.6. The molecular formula is C35H43Cl2N3O6S2. The Kier molecular flexibility index (Phi) is 11.0. The minimum atomic E-state index is -3.84. The van der Waals surface area contributed by atoms with Gasteiger partial charge in [-0.3, -0.25) is 9.89 Å². The lowest BCUT2D eigenvalue weighted by atomic mass is 9.70. The molecule has 2 amide bonds. The summed E-state index contributed by atoms with van der Waals surface area (Å²) in [7, 11) is -6.95. The Hall–Kier alpha value is -3.12. The van der Waals surface area contributed by atoms with Crippen molar-refractivity contribution in [2.24, 2.45) is 10.9 Å². The molecule has 4 rings (SSSR count). The highest BCUT2D eigenvalue weighted by atomic mass is 35.5. The van der Waals surface area contributed by atoms with Crippen LogP contribution < -0.4 is 0 Å². The molecule has 0 radical (unpaired) electrons. The fraction of sp³-hybridized carbons (Fsp3) is 0.429. The van der Waals surface area contributed by atoms with E-state index in [1.807, 2.05) is 58.1 Å². The van der Waals surface area contributed by atoms with Crippen LogP contribution in [0.3, 0.4) is 0 Å². The number of halogens is 2. The van der Waals surface area contributed by atoms with Crippen molar-refractivity contribution in [2.45, 2.75) is 62.9 Å². The largest absolute Gasteiger partial charge is 0.507 e. The van der Waals surface area contributed by atoms with Gasteiger partial charge in [0.15, 0.2) is 9.84 Å². The van der Waals surface area contributed by atoms with E-state index in [0.29, 0.717) is 42.9 Å². The van der Waals surface area contributed by atoms with E-state index in [4.69, 9.17) is 28.2 Å². The summed E-state index contributed by atoms with van der Waals surface area (Å²) in [4.78, 5) is 23.2. The third-order valence-electron chi connectivity index (χ3n) is 9.43. The molecule has 0 spiro atoms. The maximum atomic E-state index is 15.0. The van der Waals surface area contributed by atoms with Crippen LogP contribution in [0.15, 0.2) is 82.2 Å². The zero-order chi connectivity index (χ0) is 35.8. The first kappa shape index (κ1) is 37.7. The Morgan fingerprint density at radius 2 is 1.67 bits per heavy atom. The van der Waals surface area contributed by atoms with Crippen molar-refractivity contribution in [3.8, 4) is 5.75 Å². The highest BCUT2D eigenvalue weighted by molar-refractivity contribution is 7.91. The third kappa shape index (κ3) is 7.54. The van der Waals surface area contributed by atoms with Gasteiger partial charge in [0.25, 0.3) is 0 Å². The number of aliphatic imine (C=N–C) groups is 1. The van der Waals surface area contributed by atoms with Crippen molar-refractivity contribution >= 4 is 54.7 Å². The van der Waals surface area contributed by atoms with Crippen LogP contribution in [0.2, 0.25) is 10.0 Å². The zero-order valence-corrected chi connectivity index (χ0v) is 31.3. The molecule has 0 aliphatic carbocycles. The molecular weight excluding hydrogens is 693 g/mol. The van der Waals surface area contributed by atoms with Crippen LogP contribution in [-0.2, 0) is 25.2 Å². The number of carbonyl (C=O) groups excluding carboxylic acids is 1. The molecule has 2 heterocycles. The summed E-state index contributed by atoms with van der Waals surface area (Å²) in [6, 6.07) is 9.14. The van der Waals surface area contributed by atoms with E-state index in [-0.39, 0.29) is 38.7 Å². The van der Waals surface area contributed by atoms with Crippen LogP contribution in [-0.4, -0.2) is 80.5 Å². The molecule has 2 aromatic rings. The second-order valence-corrected chi connectivity index (χ2v) is 18.1. The minimum Gasteiger partial charge on any atom is -0.507 e. The van der Waals surface area contributed by atoms with Crippen molar-refractivity contribution in [1.29, 1.82) is 0 Å². The number of phenolic OH excluding ortho intramolecular Hbond substituents is 1. The topological polar surface area (TPSA) is 124 Å². The van der Waals surface area contributed by atoms with Gasteiger partial charge in [-0.15, -0.1) is 0 Å². The number of aromatic hydroxyl groups is 1. The van der Waals surface area contributed by atoms with Crippen LogP contribution in [0.4, 0.5) is 4.79 Å². The van der Waals surface area contributed by atoms with Gasteiger partial charge in [0.05, 0.1) is 21.2 Å². The van der Waals surface area contributed by atoms with Crippen molar-refractivity contribution in [2.75, 3.05) is 31.4 Å². The van der Waals surface area contributed by atoms with E-state index < -0.39 is 36.8 Å². The van der Waals surface area contributed by atoms with Crippen LogP contribution in [0.5, 0.6) is 5.75 Å². The highest BCUT2D eigenvalue weighted by Gasteiger charge is 2.60. The summed E-state index contributed by atoms with van der Waals surface area (Å²) in [5.41, 5.74) is -0.156.